The van der Waals surface area contributed by atoms with Crippen LogP contribution in [0, 0.1) is 0 Å². The zero-order chi connectivity index (χ0) is 14.8. The first-order chi connectivity index (χ1) is 10.2. The van der Waals surface area contributed by atoms with Gasteiger partial charge in [0.2, 0.25) is 5.95 Å². The molecule has 7 heteroatoms. The molecule has 1 aromatic heterocycles. The van der Waals surface area contributed by atoms with Crippen LogP contribution in [0.5, 0.6) is 11.5 Å². The first-order valence-electron chi connectivity index (χ1n) is 6.04. The lowest BCUT2D eigenvalue weighted by molar-refractivity contribution is 0.404. The van der Waals surface area contributed by atoms with Gasteiger partial charge in [0.25, 0.3) is 0 Å². The van der Waals surface area contributed by atoms with E-state index in [1.807, 2.05) is 0 Å². The van der Waals surface area contributed by atoms with E-state index in [4.69, 9.17) is 10.5 Å². The second kappa shape index (κ2) is 5.02. The van der Waals surface area contributed by atoms with Gasteiger partial charge in [-0.15, -0.1) is 10.2 Å². The van der Waals surface area contributed by atoms with Gasteiger partial charge >= 0.3 is 0 Å². The van der Waals surface area contributed by atoms with Gasteiger partial charge in [-0.25, -0.2) is 4.99 Å². The fourth-order valence-electron chi connectivity index (χ4n) is 1.98. The van der Waals surface area contributed by atoms with Crippen molar-refractivity contribution < 1.29 is 9.84 Å². The molecule has 0 spiro atoms. The summed E-state index contributed by atoms with van der Waals surface area (Å²) in [6.45, 7) is 0. The zero-order valence-electron chi connectivity index (χ0n) is 11.1. The van der Waals surface area contributed by atoms with Crippen molar-refractivity contribution in [3.05, 3.63) is 41.6 Å². The quantitative estimate of drug-likeness (QED) is 0.826. The molecule has 7 nitrogen and oxygen atoms in total. The van der Waals surface area contributed by atoms with Crippen molar-refractivity contribution in [2.45, 2.75) is 0 Å². The summed E-state index contributed by atoms with van der Waals surface area (Å²) in [6.07, 6.45) is 3.18. The third-order valence-corrected chi connectivity index (χ3v) is 2.87. The molecule has 0 saturated heterocycles. The molecule has 0 atom stereocenters. The van der Waals surface area contributed by atoms with Crippen molar-refractivity contribution >= 4 is 17.9 Å². The van der Waals surface area contributed by atoms with Crippen molar-refractivity contribution in [3.8, 4) is 17.2 Å². The predicted molar refractivity (Wildman–Crippen MR) is 77.5 cm³/mol. The molecule has 104 valence electrons. The van der Waals surface area contributed by atoms with Crippen LogP contribution in [0.4, 0.5) is 5.95 Å². The molecular formula is C14H11N5O2. The molecule has 0 fully saturated rings. The molecule has 0 aliphatic carbocycles. The maximum Gasteiger partial charge on any atom is 0.227 e. The third-order valence-electron chi connectivity index (χ3n) is 2.87. The zero-order valence-corrected chi connectivity index (χ0v) is 11.1. The summed E-state index contributed by atoms with van der Waals surface area (Å²) in [6, 6.07) is 4.89. The number of rotatable bonds is 3. The number of benzene rings is 1. The number of allylic oxidation sites excluding steroid dienone is 1. The van der Waals surface area contributed by atoms with Gasteiger partial charge < -0.3 is 15.6 Å². The topological polar surface area (TPSA) is 98.5 Å². The second-order valence-electron chi connectivity index (χ2n) is 4.11. The minimum atomic E-state index is -0.0120. The number of hydrogen-bond donors (Lipinski definition) is 2. The Morgan fingerprint density at radius 2 is 2.19 bits per heavy atom. The number of para-hydroxylation sites is 1. The maximum atomic E-state index is 10.1. The van der Waals surface area contributed by atoms with Crippen LogP contribution >= 0.6 is 0 Å². The highest BCUT2D eigenvalue weighted by Gasteiger charge is 2.21. The Bertz CT molecular complexity index is 837. The first-order valence-corrected chi connectivity index (χ1v) is 6.04. The summed E-state index contributed by atoms with van der Waals surface area (Å²) < 4.78 is 6.72. The highest BCUT2D eigenvalue weighted by atomic mass is 16.5. The van der Waals surface area contributed by atoms with Gasteiger partial charge in [-0.3, -0.25) is 4.57 Å². The second-order valence-corrected chi connectivity index (χ2v) is 4.11. The molecule has 1 aromatic carbocycles. The molecule has 21 heavy (non-hydrogen) atoms. The van der Waals surface area contributed by atoms with E-state index in [-0.39, 0.29) is 11.7 Å². The SMILES string of the molecule is COc1cccc(O)c1-n1c(N)nnc1C1=C=C=CC=N1. The monoisotopic (exact) mass is 281 g/mol. The molecule has 0 radical (unpaired) electrons. The van der Waals surface area contributed by atoms with Gasteiger partial charge in [-0.05, 0) is 17.9 Å². The fourth-order valence-corrected chi connectivity index (χ4v) is 1.98. The van der Waals surface area contributed by atoms with Gasteiger partial charge in [0.15, 0.2) is 11.5 Å². The molecule has 0 saturated carbocycles. The lowest BCUT2D eigenvalue weighted by Crippen LogP contribution is -2.06. The molecule has 1 aliphatic heterocycles. The molecule has 3 rings (SSSR count). The van der Waals surface area contributed by atoms with Gasteiger partial charge in [0, 0.05) is 12.3 Å². The largest absolute Gasteiger partial charge is 0.506 e. The molecular weight excluding hydrogens is 270 g/mol. The summed E-state index contributed by atoms with van der Waals surface area (Å²) >= 11 is 0. The minimum absolute atomic E-state index is 0.0120. The number of methoxy groups -OCH3 is 1. The summed E-state index contributed by atoms with van der Waals surface area (Å²) in [5, 5.41) is 18.0. The Morgan fingerprint density at radius 1 is 1.33 bits per heavy atom. The predicted octanol–water partition coefficient (Wildman–Crippen LogP) is 1.30. The number of nitrogens with two attached hydrogens (primary N) is 1. The fraction of sp³-hybridized carbons (Fsp3) is 0.0714. The maximum absolute atomic E-state index is 10.1. The number of hydrogen-bond acceptors (Lipinski definition) is 6. The van der Waals surface area contributed by atoms with Crippen LogP contribution in [-0.4, -0.2) is 33.2 Å². The lowest BCUT2D eigenvalue weighted by Gasteiger charge is -2.13. The van der Waals surface area contributed by atoms with Crippen molar-refractivity contribution in [1.29, 1.82) is 0 Å². The lowest BCUT2D eigenvalue weighted by atomic mass is 10.2. The number of phenols is 1. The van der Waals surface area contributed by atoms with E-state index >= 15 is 0 Å². The number of anilines is 1. The van der Waals surface area contributed by atoms with Gasteiger partial charge in [0.05, 0.1) is 7.11 Å². The Labute approximate surface area is 120 Å². The molecule has 0 bridgehead atoms. The van der Waals surface area contributed by atoms with Gasteiger partial charge in [0.1, 0.15) is 17.2 Å². The molecule has 1 aliphatic rings. The minimum Gasteiger partial charge on any atom is -0.506 e. The van der Waals surface area contributed by atoms with E-state index in [1.54, 1.807) is 24.4 Å². The van der Waals surface area contributed by atoms with Crippen molar-refractivity contribution in [2.75, 3.05) is 12.8 Å². The summed E-state index contributed by atoms with van der Waals surface area (Å²) in [4.78, 5) is 4.15. The first kappa shape index (κ1) is 12.7. The van der Waals surface area contributed by atoms with E-state index in [9.17, 15) is 5.11 Å². The number of aromatic hydroxyl groups is 1. The number of phenolic OH excluding ortho intramolecular Hbond substituents is 1. The molecule has 2 aromatic rings. The van der Waals surface area contributed by atoms with E-state index in [0.717, 1.165) is 0 Å². The average Bonchev–Trinajstić information content (AvgIpc) is 2.89. The summed E-state index contributed by atoms with van der Waals surface area (Å²) in [5.74, 6) is 0.859. The number of nitrogens with zero attached hydrogens (tertiary/aromatic N) is 4. The van der Waals surface area contributed by atoms with Crippen molar-refractivity contribution in [3.63, 3.8) is 0 Å². The van der Waals surface area contributed by atoms with Crippen LogP contribution in [0.2, 0.25) is 0 Å². The molecule has 0 unspecified atom stereocenters. The van der Waals surface area contributed by atoms with Crippen LogP contribution in [-0.2, 0) is 0 Å². The number of ether oxygens (including phenoxy) is 1. The van der Waals surface area contributed by atoms with Crippen LogP contribution in [0.3, 0.4) is 0 Å². The van der Waals surface area contributed by atoms with Gasteiger partial charge in [-0.1, -0.05) is 11.8 Å². The van der Waals surface area contributed by atoms with Crippen LogP contribution in [0.25, 0.3) is 11.4 Å². The molecule has 3 N–H and O–H groups in total. The van der Waals surface area contributed by atoms with Crippen LogP contribution < -0.4 is 10.5 Å². The Balaban J connectivity index is 2.30. The van der Waals surface area contributed by atoms with E-state index < -0.39 is 0 Å². The average molecular weight is 281 g/mol. The van der Waals surface area contributed by atoms with Crippen LogP contribution in [0.1, 0.15) is 5.82 Å². The molecule has 2 heterocycles. The Kier molecular flexibility index (Phi) is 3.04. The van der Waals surface area contributed by atoms with Crippen molar-refractivity contribution in [1.82, 2.24) is 14.8 Å². The summed E-state index contributed by atoms with van der Waals surface area (Å²) in [7, 11) is 1.50. The Hall–Kier alpha value is -3.27. The van der Waals surface area contributed by atoms with Crippen molar-refractivity contribution in [2.24, 2.45) is 4.99 Å². The molecule has 0 amide bonds. The van der Waals surface area contributed by atoms with E-state index in [1.165, 1.54) is 17.7 Å². The highest BCUT2D eigenvalue weighted by molar-refractivity contribution is 5.81. The van der Waals surface area contributed by atoms with Gasteiger partial charge in [-0.2, -0.15) is 0 Å². The standard InChI is InChI=1S/C14H11N5O2/c1-21-11-7-4-6-10(20)12(11)19-13(17-18-14(19)15)9-5-2-3-8-16-9/h3-4,6-8,20H,1H3,(H2,15,18). The highest BCUT2D eigenvalue weighted by Crippen LogP contribution is 2.35. The normalized spacial score (nSPS) is 12.5. The number of nitrogen functional groups attached to an aromatic ring is 1. The van der Waals surface area contributed by atoms with E-state index in [2.05, 4.69) is 26.7 Å². The smallest absolute Gasteiger partial charge is 0.227 e. The number of aliphatic imine (C=N–C) groups is 1. The Morgan fingerprint density at radius 3 is 2.90 bits per heavy atom. The summed E-state index contributed by atoms with van der Waals surface area (Å²) in [5.41, 5.74) is 12.2. The van der Waals surface area contributed by atoms with Crippen LogP contribution in [0.15, 0.2) is 40.7 Å². The number of aromatic nitrogens is 3. The van der Waals surface area contributed by atoms with E-state index in [0.29, 0.717) is 23.0 Å². The third kappa shape index (κ3) is 2.08.